The summed E-state index contributed by atoms with van der Waals surface area (Å²) in [5, 5.41) is 2.97. The van der Waals surface area contributed by atoms with Gasteiger partial charge in [0.15, 0.2) is 6.10 Å². The van der Waals surface area contributed by atoms with Crippen molar-refractivity contribution in [2.24, 2.45) is 0 Å². The van der Waals surface area contributed by atoms with Gasteiger partial charge < -0.3 is 10.1 Å². The molecule has 24 heavy (non-hydrogen) atoms. The number of amides is 1. The Morgan fingerprint density at radius 2 is 1.75 bits per heavy atom. The van der Waals surface area contributed by atoms with Crippen LogP contribution in [0.5, 0.6) is 5.75 Å². The van der Waals surface area contributed by atoms with E-state index < -0.39 is 6.10 Å². The number of ether oxygens (including phenoxy) is 1. The van der Waals surface area contributed by atoms with Crippen LogP contribution in [0.1, 0.15) is 56.3 Å². The number of nitrogens with zero attached hydrogens (tertiary/aromatic N) is 1. The molecule has 1 aromatic heterocycles. The minimum Gasteiger partial charge on any atom is -0.481 e. The Labute approximate surface area is 144 Å². The molecule has 0 fully saturated rings. The topological polar surface area (TPSA) is 51.2 Å². The molecule has 0 radical (unpaired) electrons. The summed E-state index contributed by atoms with van der Waals surface area (Å²) in [6.07, 6.45) is 2.88. The molecular weight excluding hydrogens is 300 g/mol. The number of hydrogen-bond donors (Lipinski definition) is 1. The van der Waals surface area contributed by atoms with Crippen molar-refractivity contribution in [3.05, 3.63) is 59.4 Å². The summed E-state index contributed by atoms with van der Waals surface area (Å²) >= 11 is 0. The van der Waals surface area contributed by atoms with E-state index in [0.717, 1.165) is 11.3 Å². The van der Waals surface area contributed by atoms with Crippen molar-refractivity contribution in [2.75, 3.05) is 0 Å². The molecule has 128 valence electrons. The third-order valence-corrected chi connectivity index (χ3v) is 4.11. The first-order chi connectivity index (χ1) is 11.4. The van der Waals surface area contributed by atoms with Gasteiger partial charge in [0.05, 0.1) is 6.04 Å². The van der Waals surface area contributed by atoms with Crippen LogP contribution in [0.2, 0.25) is 0 Å². The number of rotatable bonds is 6. The lowest BCUT2D eigenvalue weighted by Gasteiger charge is -2.20. The molecule has 1 N–H and O–H groups in total. The molecule has 2 aromatic rings. The minimum atomic E-state index is -0.557. The van der Waals surface area contributed by atoms with Gasteiger partial charge in [-0.2, -0.15) is 0 Å². The van der Waals surface area contributed by atoms with E-state index >= 15 is 0 Å². The molecule has 1 aromatic carbocycles. The maximum Gasteiger partial charge on any atom is 0.261 e. The van der Waals surface area contributed by atoms with E-state index in [1.807, 2.05) is 31.2 Å². The Morgan fingerprint density at radius 1 is 1.08 bits per heavy atom. The van der Waals surface area contributed by atoms with Gasteiger partial charge in [-0.3, -0.25) is 9.78 Å². The molecule has 1 amide bonds. The highest BCUT2D eigenvalue weighted by Crippen LogP contribution is 2.24. The predicted molar refractivity (Wildman–Crippen MR) is 96.2 cm³/mol. The van der Waals surface area contributed by atoms with E-state index in [2.05, 4.69) is 37.1 Å². The van der Waals surface area contributed by atoms with Crippen LogP contribution in [0.3, 0.4) is 0 Å². The van der Waals surface area contributed by atoms with Gasteiger partial charge in [-0.05, 0) is 67.6 Å². The number of aromatic nitrogens is 1. The fourth-order valence-corrected chi connectivity index (χ4v) is 2.69. The number of carbonyl (C=O) groups is 1. The summed E-state index contributed by atoms with van der Waals surface area (Å²) in [6.45, 7) is 10.1. The smallest absolute Gasteiger partial charge is 0.261 e. The fourth-order valence-electron chi connectivity index (χ4n) is 2.69. The Balaban J connectivity index is 1.98. The van der Waals surface area contributed by atoms with E-state index in [0.29, 0.717) is 5.92 Å². The normalized spacial score (nSPS) is 13.4. The van der Waals surface area contributed by atoms with Gasteiger partial charge in [-0.1, -0.05) is 19.9 Å². The van der Waals surface area contributed by atoms with Gasteiger partial charge in [0.2, 0.25) is 0 Å². The monoisotopic (exact) mass is 326 g/mol. The van der Waals surface area contributed by atoms with Gasteiger partial charge in [-0.15, -0.1) is 0 Å². The zero-order valence-corrected chi connectivity index (χ0v) is 15.0. The lowest BCUT2D eigenvalue weighted by molar-refractivity contribution is -0.127. The highest BCUT2D eigenvalue weighted by atomic mass is 16.5. The lowest BCUT2D eigenvalue weighted by atomic mass is 9.98. The average Bonchev–Trinajstić information content (AvgIpc) is 2.55. The molecule has 4 heteroatoms. The third kappa shape index (κ3) is 4.57. The second-order valence-corrected chi connectivity index (χ2v) is 6.44. The van der Waals surface area contributed by atoms with Crippen molar-refractivity contribution >= 4 is 5.91 Å². The summed E-state index contributed by atoms with van der Waals surface area (Å²) in [7, 11) is 0. The molecule has 1 heterocycles. The first kappa shape index (κ1) is 18.0. The molecule has 4 nitrogen and oxygen atoms in total. The van der Waals surface area contributed by atoms with Crippen LogP contribution in [-0.4, -0.2) is 17.0 Å². The van der Waals surface area contributed by atoms with Crippen LogP contribution >= 0.6 is 0 Å². The second kappa shape index (κ2) is 7.95. The molecule has 0 aliphatic rings. The molecule has 0 aliphatic carbocycles. The van der Waals surface area contributed by atoms with Crippen LogP contribution in [0.25, 0.3) is 0 Å². The molecule has 0 aliphatic heterocycles. The zero-order chi connectivity index (χ0) is 17.7. The molecule has 2 rings (SSSR count). The van der Waals surface area contributed by atoms with E-state index in [4.69, 9.17) is 4.74 Å². The summed E-state index contributed by atoms with van der Waals surface area (Å²) < 4.78 is 5.80. The summed E-state index contributed by atoms with van der Waals surface area (Å²) in [5.41, 5.74) is 3.49. The van der Waals surface area contributed by atoms with Crippen LogP contribution in [0, 0.1) is 6.92 Å². The highest BCUT2D eigenvalue weighted by Gasteiger charge is 2.18. The van der Waals surface area contributed by atoms with Crippen molar-refractivity contribution in [1.29, 1.82) is 0 Å². The number of benzene rings is 1. The third-order valence-electron chi connectivity index (χ3n) is 4.11. The molecular formula is C20H26N2O2. The Kier molecular flexibility index (Phi) is 5.96. The molecule has 0 bridgehead atoms. The van der Waals surface area contributed by atoms with E-state index in [1.54, 1.807) is 19.3 Å². The first-order valence-electron chi connectivity index (χ1n) is 8.36. The van der Waals surface area contributed by atoms with Gasteiger partial charge in [0.1, 0.15) is 5.75 Å². The van der Waals surface area contributed by atoms with Crippen molar-refractivity contribution in [1.82, 2.24) is 10.3 Å². The van der Waals surface area contributed by atoms with Gasteiger partial charge in [0, 0.05) is 12.4 Å². The van der Waals surface area contributed by atoms with Gasteiger partial charge >= 0.3 is 0 Å². The van der Waals surface area contributed by atoms with Crippen LogP contribution in [0.4, 0.5) is 0 Å². The Bertz CT molecular complexity index is 683. The zero-order valence-electron chi connectivity index (χ0n) is 15.0. The van der Waals surface area contributed by atoms with Crippen LogP contribution < -0.4 is 10.1 Å². The molecule has 2 unspecified atom stereocenters. The first-order valence-corrected chi connectivity index (χ1v) is 8.36. The fraction of sp³-hybridized carbons (Fsp3) is 0.400. The predicted octanol–water partition coefficient (Wildman–Crippen LogP) is 4.16. The van der Waals surface area contributed by atoms with Gasteiger partial charge in [-0.25, -0.2) is 0 Å². The maximum absolute atomic E-state index is 12.3. The largest absolute Gasteiger partial charge is 0.481 e. The van der Waals surface area contributed by atoms with Crippen molar-refractivity contribution in [2.45, 2.75) is 52.7 Å². The summed E-state index contributed by atoms with van der Waals surface area (Å²) in [5.74, 6) is 1.06. The van der Waals surface area contributed by atoms with E-state index in [-0.39, 0.29) is 11.9 Å². The quantitative estimate of drug-likeness (QED) is 0.867. The summed E-state index contributed by atoms with van der Waals surface area (Å²) in [6, 6.07) is 9.69. The molecule has 0 saturated carbocycles. The number of carbonyl (C=O) groups excluding carboxylic acids is 1. The van der Waals surface area contributed by atoms with Crippen molar-refractivity contribution in [3.8, 4) is 5.75 Å². The highest BCUT2D eigenvalue weighted by molar-refractivity contribution is 5.81. The maximum atomic E-state index is 12.3. The number of hydrogen-bond acceptors (Lipinski definition) is 3. The Hall–Kier alpha value is -2.36. The molecule has 0 spiro atoms. The minimum absolute atomic E-state index is 0.0865. The number of nitrogens with one attached hydrogen (secondary N) is 1. The lowest BCUT2D eigenvalue weighted by Crippen LogP contribution is -2.37. The number of aryl methyl sites for hydroxylation is 1. The van der Waals surface area contributed by atoms with Crippen LogP contribution in [-0.2, 0) is 4.79 Å². The SMILES string of the molecule is Cc1cc(OC(C)C(=O)NC(C)c2ccncc2)ccc1C(C)C. The molecule has 0 saturated heterocycles. The molecule has 2 atom stereocenters. The Morgan fingerprint density at radius 3 is 2.33 bits per heavy atom. The van der Waals surface area contributed by atoms with E-state index in [9.17, 15) is 4.79 Å². The van der Waals surface area contributed by atoms with Gasteiger partial charge in [0.25, 0.3) is 5.91 Å². The van der Waals surface area contributed by atoms with Crippen molar-refractivity contribution in [3.63, 3.8) is 0 Å². The number of pyridine rings is 1. The van der Waals surface area contributed by atoms with Crippen LogP contribution in [0.15, 0.2) is 42.7 Å². The standard InChI is InChI=1S/C20H26N2O2/c1-13(2)19-7-6-18(12-14(19)3)24-16(5)20(23)22-15(4)17-8-10-21-11-9-17/h6-13,15-16H,1-5H3,(H,22,23). The van der Waals surface area contributed by atoms with E-state index in [1.165, 1.54) is 11.1 Å². The van der Waals surface area contributed by atoms with Crippen molar-refractivity contribution < 1.29 is 9.53 Å². The second-order valence-electron chi connectivity index (χ2n) is 6.44. The average molecular weight is 326 g/mol. The summed E-state index contributed by atoms with van der Waals surface area (Å²) in [4.78, 5) is 16.3.